The highest BCUT2D eigenvalue weighted by molar-refractivity contribution is 7.46. The van der Waals surface area contributed by atoms with Crippen LogP contribution in [0.15, 0.2) is 12.2 Å². The number of carbonyl (C=O) groups is 1. The van der Waals surface area contributed by atoms with Crippen molar-refractivity contribution in [2.24, 2.45) is 5.92 Å². The number of allylic oxidation sites excluding steroid dienone is 2. The molecule has 0 aromatic heterocycles. The van der Waals surface area contributed by atoms with E-state index in [0.717, 1.165) is 12.8 Å². The van der Waals surface area contributed by atoms with Gasteiger partial charge in [-0.25, -0.2) is 0 Å². The second kappa shape index (κ2) is 17.6. The molecule has 0 aliphatic carbocycles. The predicted molar refractivity (Wildman–Crippen MR) is 114 cm³/mol. The zero-order chi connectivity index (χ0) is 19.6. The molecule has 0 saturated carbocycles. The van der Waals surface area contributed by atoms with Crippen LogP contribution in [0, 0.1) is 5.92 Å². The minimum atomic E-state index is -1.26. The Morgan fingerprint density at radius 2 is 1.59 bits per heavy atom. The van der Waals surface area contributed by atoms with Crippen molar-refractivity contribution in [1.82, 2.24) is 0 Å². The molecule has 0 amide bonds. The van der Waals surface area contributed by atoms with Crippen LogP contribution in [0.2, 0.25) is 0 Å². The number of hydrogen-bond acceptors (Lipinski definition) is 4. The summed E-state index contributed by atoms with van der Waals surface area (Å²) >= 11 is 0. The van der Waals surface area contributed by atoms with Crippen molar-refractivity contribution in [2.75, 3.05) is 19.4 Å². The molecule has 158 valence electrons. The van der Waals surface area contributed by atoms with E-state index in [1.165, 1.54) is 70.6 Å². The molecule has 5 heteroatoms. The average Bonchev–Trinajstić information content (AvgIpc) is 3.08. The van der Waals surface area contributed by atoms with E-state index >= 15 is 0 Å². The smallest absolute Gasteiger partial charge is 0.305 e. The van der Waals surface area contributed by atoms with Gasteiger partial charge in [0.1, 0.15) is 0 Å². The molecule has 0 radical (unpaired) electrons. The van der Waals surface area contributed by atoms with Crippen LogP contribution in [0.3, 0.4) is 0 Å². The Kier molecular flexibility index (Phi) is 16.1. The molecular weight excluding hydrogens is 359 g/mol. The van der Waals surface area contributed by atoms with E-state index in [0.29, 0.717) is 25.8 Å². The van der Waals surface area contributed by atoms with Crippen LogP contribution >= 0.6 is 8.38 Å². The lowest BCUT2D eigenvalue weighted by atomic mass is 10.1. The molecule has 2 unspecified atom stereocenters. The Hall–Kier alpha value is -0.440. The molecule has 4 nitrogen and oxygen atoms in total. The fourth-order valence-corrected chi connectivity index (χ4v) is 4.38. The first kappa shape index (κ1) is 24.6. The van der Waals surface area contributed by atoms with Crippen molar-refractivity contribution in [1.29, 1.82) is 0 Å². The van der Waals surface area contributed by atoms with E-state index in [2.05, 4.69) is 19.1 Å². The molecule has 0 spiro atoms. The van der Waals surface area contributed by atoms with Gasteiger partial charge in [0.05, 0.1) is 13.2 Å². The molecule has 1 fully saturated rings. The van der Waals surface area contributed by atoms with E-state index in [-0.39, 0.29) is 11.9 Å². The molecule has 1 saturated heterocycles. The number of ether oxygens (including phenoxy) is 1. The fraction of sp³-hybridized carbons (Fsp3) is 0.864. The third-order valence-corrected chi connectivity index (χ3v) is 6.27. The Bertz CT molecular complexity index is 387. The Balaban J connectivity index is 1.76. The molecule has 1 rings (SSSR count). The van der Waals surface area contributed by atoms with Crippen molar-refractivity contribution < 1.29 is 18.9 Å². The maximum Gasteiger partial charge on any atom is 0.305 e. The summed E-state index contributed by atoms with van der Waals surface area (Å²) in [5.41, 5.74) is 0. The van der Waals surface area contributed by atoms with Gasteiger partial charge in [-0.1, -0.05) is 70.4 Å². The maximum atomic E-state index is 11.7. The highest BCUT2D eigenvalue weighted by Crippen LogP contribution is 2.40. The van der Waals surface area contributed by atoms with Gasteiger partial charge in [0.2, 0.25) is 0 Å². The highest BCUT2D eigenvalue weighted by Gasteiger charge is 2.25. The van der Waals surface area contributed by atoms with Crippen molar-refractivity contribution in [2.45, 2.75) is 96.8 Å². The molecule has 1 aliphatic rings. The Labute approximate surface area is 168 Å². The Morgan fingerprint density at radius 1 is 1.00 bits per heavy atom. The van der Waals surface area contributed by atoms with Crippen molar-refractivity contribution >= 4 is 14.3 Å². The lowest BCUT2D eigenvalue weighted by molar-refractivity contribution is -0.145. The van der Waals surface area contributed by atoms with Gasteiger partial charge in [-0.05, 0) is 32.1 Å². The van der Waals surface area contributed by atoms with Crippen LogP contribution in [0.25, 0.3) is 0 Å². The number of hydrogen-bond donors (Lipinski definition) is 1. The first-order valence-corrected chi connectivity index (χ1v) is 12.5. The molecule has 0 aromatic rings. The van der Waals surface area contributed by atoms with E-state index < -0.39 is 8.38 Å². The molecular formula is C22H41O4P. The number of carbonyl (C=O) groups excluding carboxylic acids is 1. The van der Waals surface area contributed by atoms with Crippen molar-refractivity contribution in [3.8, 4) is 0 Å². The second-order valence-corrected chi connectivity index (χ2v) is 9.04. The van der Waals surface area contributed by atoms with Gasteiger partial charge in [0.25, 0.3) is 0 Å². The summed E-state index contributed by atoms with van der Waals surface area (Å²) in [5, 5.41) is 0. The summed E-state index contributed by atoms with van der Waals surface area (Å²) < 4.78 is 10.4. The molecule has 1 aliphatic heterocycles. The van der Waals surface area contributed by atoms with Gasteiger partial charge < -0.3 is 14.2 Å². The van der Waals surface area contributed by atoms with Gasteiger partial charge in [0, 0.05) is 18.5 Å². The van der Waals surface area contributed by atoms with Crippen molar-refractivity contribution in [3.05, 3.63) is 12.2 Å². The number of unbranched alkanes of at least 4 members (excludes halogenated alkanes) is 11. The first-order chi connectivity index (χ1) is 13.2. The Morgan fingerprint density at radius 3 is 2.19 bits per heavy atom. The average molecular weight is 401 g/mol. The van der Waals surface area contributed by atoms with Gasteiger partial charge in [-0.3, -0.25) is 4.79 Å². The SMILES string of the molecule is CCCCC/C=C\CCCCCCCCCCC(=O)OCC1COP(O)C1. The topological polar surface area (TPSA) is 55.8 Å². The van der Waals surface area contributed by atoms with Crippen LogP contribution in [0.5, 0.6) is 0 Å². The standard InChI is InChI=1S/C22H41O4P/c1-2-3-4-5-6-7-8-9-10-11-12-13-14-15-16-17-22(23)25-18-21-19-26-27(24)20-21/h6-7,21,24H,2-5,8-20H2,1H3/b7-6-. The van der Waals surface area contributed by atoms with Crippen molar-refractivity contribution in [3.63, 3.8) is 0 Å². The van der Waals surface area contributed by atoms with Crippen LogP contribution < -0.4 is 0 Å². The summed E-state index contributed by atoms with van der Waals surface area (Å²) in [6, 6.07) is 0. The van der Waals surface area contributed by atoms with E-state index in [4.69, 9.17) is 9.26 Å². The summed E-state index contributed by atoms with van der Waals surface area (Å²) in [6.45, 7) is 3.16. The summed E-state index contributed by atoms with van der Waals surface area (Å²) in [5.74, 6) is 0.0773. The molecule has 1 heterocycles. The van der Waals surface area contributed by atoms with Gasteiger partial charge >= 0.3 is 5.97 Å². The summed E-state index contributed by atoms with van der Waals surface area (Å²) in [7, 11) is -1.26. The third kappa shape index (κ3) is 15.2. The molecule has 0 bridgehead atoms. The van der Waals surface area contributed by atoms with Crippen LogP contribution in [-0.4, -0.2) is 30.2 Å². The van der Waals surface area contributed by atoms with Crippen LogP contribution in [0.4, 0.5) is 0 Å². The zero-order valence-corrected chi connectivity index (χ0v) is 18.3. The maximum absolute atomic E-state index is 11.7. The lowest BCUT2D eigenvalue weighted by Gasteiger charge is -2.08. The van der Waals surface area contributed by atoms with E-state index in [1.54, 1.807) is 0 Å². The lowest BCUT2D eigenvalue weighted by Crippen LogP contribution is -2.15. The quantitative estimate of drug-likeness (QED) is 0.131. The minimum Gasteiger partial charge on any atom is -0.465 e. The summed E-state index contributed by atoms with van der Waals surface area (Å²) in [6.07, 6.45) is 22.2. The normalized spacial score (nSPS) is 19.8. The van der Waals surface area contributed by atoms with Crippen LogP contribution in [-0.2, 0) is 14.1 Å². The van der Waals surface area contributed by atoms with Gasteiger partial charge in [-0.2, -0.15) is 0 Å². The van der Waals surface area contributed by atoms with Gasteiger partial charge in [0.15, 0.2) is 8.38 Å². The molecule has 0 aromatic carbocycles. The fourth-order valence-electron chi connectivity index (χ4n) is 3.24. The molecule has 27 heavy (non-hydrogen) atoms. The number of rotatable bonds is 17. The van der Waals surface area contributed by atoms with Gasteiger partial charge in [-0.15, -0.1) is 0 Å². The first-order valence-electron chi connectivity index (χ1n) is 11.1. The molecule has 1 N–H and O–H groups in total. The number of esters is 1. The monoisotopic (exact) mass is 400 g/mol. The van der Waals surface area contributed by atoms with E-state index in [9.17, 15) is 9.69 Å². The second-order valence-electron chi connectivity index (χ2n) is 7.71. The van der Waals surface area contributed by atoms with E-state index in [1.807, 2.05) is 0 Å². The third-order valence-electron chi connectivity index (χ3n) is 5.00. The summed E-state index contributed by atoms with van der Waals surface area (Å²) in [4.78, 5) is 21.0. The predicted octanol–water partition coefficient (Wildman–Crippen LogP) is 6.52. The minimum absolute atomic E-state index is 0.105. The van der Waals surface area contributed by atoms with Crippen LogP contribution in [0.1, 0.15) is 96.8 Å². The largest absolute Gasteiger partial charge is 0.465 e. The highest BCUT2D eigenvalue weighted by atomic mass is 31.2. The molecule has 2 atom stereocenters. The zero-order valence-electron chi connectivity index (χ0n) is 17.4.